The quantitative estimate of drug-likeness (QED) is 0.763. The SMILES string of the molecule is COc1cc(C(=O)NC(CN)C2CCCCC2)ccc1OC(F)F.Cl. The van der Waals surface area contributed by atoms with E-state index in [4.69, 9.17) is 10.5 Å². The van der Waals surface area contributed by atoms with Gasteiger partial charge in [-0.1, -0.05) is 19.3 Å². The topological polar surface area (TPSA) is 73.6 Å². The predicted octanol–water partition coefficient (Wildman–Crippen LogP) is 3.36. The summed E-state index contributed by atoms with van der Waals surface area (Å²) in [6.07, 6.45) is 5.67. The normalized spacial score (nSPS) is 16.0. The van der Waals surface area contributed by atoms with E-state index in [-0.39, 0.29) is 35.9 Å². The molecule has 0 heterocycles. The second kappa shape index (κ2) is 10.4. The molecular weight excluding hydrogens is 354 g/mol. The first-order chi connectivity index (χ1) is 11.5. The van der Waals surface area contributed by atoms with Gasteiger partial charge in [-0.25, -0.2) is 0 Å². The van der Waals surface area contributed by atoms with E-state index < -0.39 is 6.61 Å². The number of nitrogens with one attached hydrogen (secondary N) is 1. The van der Waals surface area contributed by atoms with Gasteiger partial charge in [0.05, 0.1) is 7.11 Å². The Bertz CT molecular complexity index is 555. The molecule has 142 valence electrons. The van der Waals surface area contributed by atoms with Crippen LogP contribution >= 0.6 is 12.4 Å². The summed E-state index contributed by atoms with van der Waals surface area (Å²) in [6.45, 7) is -2.58. The van der Waals surface area contributed by atoms with Gasteiger partial charge in [-0.05, 0) is 37.0 Å². The molecule has 1 fully saturated rings. The van der Waals surface area contributed by atoms with Crippen molar-refractivity contribution in [3.63, 3.8) is 0 Å². The first-order valence-corrected chi connectivity index (χ1v) is 8.19. The molecule has 1 unspecified atom stereocenters. The lowest BCUT2D eigenvalue weighted by Gasteiger charge is -2.30. The number of rotatable bonds is 7. The van der Waals surface area contributed by atoms with Gasteiger partial charge in [0, 0.05) is 18.2 Å². The smallest absolute Gasteiger partial charge is 0.387 e. The van der Waals surface area contributed by atoms with Crippen LogP contribution in [0.5, 0.6) is 11.5 Å². The van der Waals surface area contributed by atoms with Crippen molar-refractivity contribution in [1.82, 2.24) is 5.32 Å². The molecular formula is C17H25ClF2N2O3. The van der Waals surface area contributed by atoms with Crippen LogP contribution in [0.4, 0.5) is 8.78 Å². The Kier molecular flexibility index (Phi) is 8.92. The van der Waals surface area contributed by atoms with Crippen LogP contribution in [0.25, 0.3) is 0 Å². The summed E-state index contributed by atoms with van der Waals surface area (Å²) in [4.78, 5) is 12.4. The van der Waals surface area contributed by atoms with Gasteiger partial charge in [0.25, 0.3) is 5.91 Å². The molecule has 8 heteroatoms. The molecule has 0 aliphatic heterocycles. The zero-order valence-corrected chi connectivity index (χ0v) is 15.0. The largest absolute Gasteiger partial charge is 0.493 e. The highest BCUT2D eigenvalue weighted by Crippen LogP contribution is 2.30. The Labute approximate surface area is 152 Å². The fraction of sp³-hybridized carbons (Fsp3) is 0.588. The maximum atomic E-state index is 12.4. The predicted molar refractivity (Wildman–Crippen MR) is 93.8 cm³/mol. The number of nitrogens with two attached hydrogens (primary N) is 1. The molecule has 1 aliphatic carbocycles. The monoisotopic (exact) mass is 378 g/mol. The highest BCUT2D eigenvalue weighted by Gasteiger charge is 2.24. The van der Waals surface area contributed by atoms with Crippen LogP contribution in [-0.2, 0) is 0 Å². The molecule has 1 aromatic carbocycles. The molecule has 0 saturated heterocycles. The number of amides is 1. The van der Waals surface area contributed by atoms with Crippen molar-refractivity contribution < 1.29 is 23.0 Å². The van der Waals surface area contributed by atoms with Crippen molar-refractivity contribution in [2.75, 3.05) is 13.7 Å². The molecule has 1 saturated carbocycles. The van der Waals surface area contributed by atoms with Crippen molar-refractivity contribution in [2.24, 2.45) is 11.7 Å². The molecule has 3 N–H and O–H groups in total. The molecule has 2 rings (SSSR count). The first-order valence-electron chi connectivity index (χ1n) is 8.19. The second-order valence-electron chi connectivity index (χ2n) is 5.96. The lowest BCUT2D eigenvalue weighted by Crippen LogP contribution is -2.45. The summed E-state index contributed by atoms with van der Waals surface area (Å²) in [7, 11) is 1.33. The van der Waals surface area contributed by atoms with Crippen LogP contribution in [0.3, 0.4) is 0 Å². The summed E-state index contributed by atoms with van der Waals surface area (Å²) < 4.78 is 34.1. The van der Waals surface area contributed by atoms with Crippen molar-refractivity contribution in [2.45, 2.75) is 44.8 Å². The number of hydrogen-bond donors (Lipinski definition) is 2. The molecule has 1 atom stereocenters. The fourth-order valence-corrected chi connectivity index (χ4v) is 3.16. The van der Waals surface area contributed by atoms with E-state index in [1.54, 1.807) is 0 Å². The van der Waals surface area contributed by atoms with Crippen LogP contribution in [-0.4, -0.2) is 32.2 Å². The van der Waals surface area contributed by atoms with E-state index in [0.29, 0.717) is 18.0 Å². The maximum absolute atomic E-state index is 12.4. The Morgan fingerprint density at radius 1 is 1.28 bits per heavy atom. The standard InChI is InChI=1S/C17H24F2N2O3.ClH/c1-23-15-9-12(7-8-14(15)24-17(18)19)16(22)21-13(10-20)11-5-3-2-4-6-11;/h7-9,11,13,17H,2-6,10,20H2,1H3,(H,21,22);1H. The van der Waals surface area contributed by atoms with Gasteiger partial charge < -0.3 is 20.5 Å². The number of benzene rings is 1. The molecule has 0 aromatic heterocycles. The molecule has 0 radical (unpaired) electrons. The Morgan fingerprint density at radius 3 is 2.52 bits per heavy atom. The van der Waals surface area contributed by atoms with Crippen molar-refractivity contribution in [1.29, 1.82) is 0 Å². The molecule has 1 amide bonds. The van der Waals surface area contributed by atoms with Crippen LogP contribution < -0.4 is 20.5 Å². The third kappa shape index (κ3) is 6.01. The molecule has 0 spiro atoms. The van der Waals surface area contributed by atoms with Crippen LogP contribution in [0.15, 0.2) is 18.2 Å². The van der Waals surface area contributed by atoms with Crippen LogP contribution in [0.2, 0.25) is 0 Å². The molecule has 1 aromatic rings. The second-order valence-corrected chi connectivity index (χ2v) is 5.96. The zero-order valence-electron chi connectivity index (χ0n) is 14.2. The average molecular weight is 379 g/mol. The van der Waals surface area contributed by atoms with Crippen molar-refractivity contribution >= 4 is 18.3 Å². The van der Waals surface area contributed by atoms with Gasteiger partial charge in [-0.15, -0.1) is 12.4 Å². The summed E-state index contributed by atoms with van der Waals surface area (Å²) in [5.41, 5.74) is 6.14. The lowest BCUT2D eigenvalue weighted by molar-refractivity contribution is -0.0512. The molecule has 0 bridgehead atoms. The fourth-order valence-electron chi connectivity index (χ4n) is 3.16. The maximum Gasteiger partial charge on any atom is 0.387 e. The number of carbonyl (C=O) groups is 1. The van der Waals surface area contributed by atoms with Crippen LogP contribution in [0.1, 0.15) is 42.5 Å². The minimum Gasteiger partial charge on any atom is -0.493 e. The van der Waals surface area contributed by atoms with E-state index in [9.17, 15) is 13.6 Å². The van der Waals surface area contributed by atoms with E-state index >= 15 is 0 Å². The Balaban J connectivity index is 0.00000312. The number of ether oxygens (including phenoxy) is 2. The van der Waals surface area contributed by atoms with Crippen molar-refractivity contribution in [3.05, 3.63) is 23.8 Å². The van der Waals surface area contributed by atoms with E-state index in [1.165, 1.54) is 31.7 Å². The van der Waals surface area contributed by atoms with E-state index in [2.05, 4.69) is 10.1 Å². The Hall–Kier alpha value is -1.60. The molecule has 1 aliphatic rings. The number of methoxy groups -OCH3 is 1. The van der Waals surface area contributed by atoms with Crippen LogP contribution in [0, 0.1) is 5.92 Å². The number of alkyl halides is 2. The number of halogens is 3. The minimum atomic E-state index is -2.95. The van der Waals surface area contributed by atoms with Gasteiger partial charge in [0.1, 0.15) is 0 Å². The average Bonchev–Trinajstić information content (AvgIpc) is 2.60. The minimum absolute atomic E-state index is 0. The van der Waals surface area contributed by atoms with Crippen molar-refractivity contribution in [3.8, 4) is 11.5 Å². The van der Waals surface area contributed by atoms with Gasteiger partial charge >= 0.3 is 6.61 Å². The molecule has 25 heavy (non-hydrogen) atoms. The van der Waals surface area contributed by atoms with Gasteiger partial charge in [-0.3, -0.25) is 4.79 Å². The first kappa shape index (κ1) is 21.4. The lowest BCUT2D eigenvalue weighted by atomic mass is 9.84. The molecule has 5 nitrogen and oxygen atoms in total. The summed E-state index contributed by atoms with van der Waals surface area (Å²) >= 11 is 0. The summed E-state index contributed by atoms with van der Waals surface area (Å²) in [6, 6.07) is 4.05. The highest BCUT2D eigenvalue weighted by molar-refractivity contribution is 5.95. The van der Waals surface area contributed by atoms with E-state index in [1.807, 2.05) is 0 Å². The van der Waals surface area contributed by atoms with E-state index in [0.717, 1.165) is 25.7 Å². The summed E-state index contributed by atoms with van der Waals surface area (Å²) in [5, 5.41) is 2.96. The highest BCUT2D eigenvalue weighted by atomic mass is 35.5. The number of carbonyl (C=O) groups excluding carboxylic acids is 1. The van der Waals surface area contributed by atoms with Gasteiger partial charge in [0.2, 0.25) is 0 Å². The summed E-state index contributed by atoms with van der Waals surface area (Å²) in [5.74, 6) is 0.0746. The van der Waals surface area contributed by atoms with Gasteiger partial charge in [0.15, 0.2) is 11.5 Å². The number of hydrogen-bond acceptors (Lipinski definition) is 4. The Morgan fingerprint density at radius 2 is 1.96 bits per heavy atom. The third-order valence-corrected chi connectivity index (χ3v) is 4.43. The third-order valence-electron chi connectivity index (χ3n) is 4.43. The van der Waals surface area contributed by atoms with Gasteiger partial charge in [-0.2, -0.15) is 8.78 Å². The zero-order chi connectivity index (χ0) is 17.5.